The Bertz CT molecular complexity index is 384. The monoisotopic (exact) mass is 232 g/mol. The van der Waals surface area contributed by atoms with E-state index in [2.05, 4.69) is 15.0 Å². The van der Waals surface area contributed by atoms with Crippen LogP contribution in [-0.2, 0) is 0 Å². The number of pyridine rings is 1. The van der Waals surface area contributed by atoms with E-state index in [4.69, 9.17) is 5.73 Å². The number of nitrogens with zero attached hydrogens (tertiary/aromatic N) is 3. The van der Waals surface area contributed by atoms with Crippen molar-refractivity contribution in [3.8, 4) is 0 Å². The molecule has 0 saturated carbocycles. The zero-order valence-electron chi connectivity index (χ0n) is 10.9. The van der Waals surface area contributed by atoms with Crippen molar-refractivity contribution in [3.63, 3.8) is 0 Å². The van der Waals surface area contributed by atoms with Crippen LogP contribution in [0.3, 0.4) is 0 Å². The molecule has 0 spiro atoms. The number of aromatic nitrogens is 3. The minimum atomic E-state index is 0.338. The van der Waals surface area contributed by atoms with E-state index in [0.29, 0.717) is 5.95 Å². The van der Waals surface area contributed by atoms with E-state index in [0.717, 1.165) is 5.69 Å². The summed E-state index contributed by atoms with van der Waals surface area (Å²) in [6.45, 7) is 7.89. The summed E-state index contributed by atoms with van der Waals surface area (Å²) in [5, 5.41) is 0. The van der Waals surface area contributed by atoms with Crippen LogP contribution in [-0.4, -0.2) is 15.0 Å². The summed E-state index contributed by atoms with van der Waals surface area (Å²) < 4.78 is 0. The molecule has 2 rings (SSSR count). The van der Waals surface area contributed by atoms with Gasteiger partial charge < -0.3 is 5.73 Å². The molecular weight excluding hydrogens is 212 g/mol. The lowest BCUT2D eigenvalue weighted by molar-refractivity contribution is 1.12. The molecule has 4 heteroatoms. The summed E-state index contributed by atoms with van der Waals surface area (Å²) in [4.78, 5) is 11.4. The van der Waals surface area contributed by atoms with E-state index in [1.807, 2.05) is 46.0 Å². The van der Waals surface area contributed by atoms with Crippen molar-refractivity contribution in [1.29, 1.82) is 0 Å². The molecule has 0 unspecified atom stereocenters. The van der Waals surface area contributed by atoms with Gasteiger partial charge in [-0.2, -0.15) is 0 Å². The highest BCUT2D eigenvalue weighted by Gasteiger charge is 1.84. The van der Waals surface area contributed by atoms with Crippen LogP contribution in [0.2, 0.25) is 0 Å². The summed E-state index contributed by atoms with van der Waals surface area (Å²) in [6, 6.07) is 5.75. The number of rotatable bonds is 0. The van der Waals surface area contributed by atoms with Gasteiger partial charge >= 0.3 is 0 Å². The Morgan fingerprint density at radius 1 is 1.06 bits per heavy atom. The largest absolute Gasteiger partial charge is 0.368 e. The van der Waals surface area contributed by atoms with Crippen molar-refractivity contribution >= 4 is 5.95 Å². The van der Waals surface area contributed by atoms with Crippen molar-refractivity contribution in [2.24, 2.45) is 0 Å². The van der Waals surface area contributed by atoms with Gasteiger partial charge in [0.15, 0.2) is 0 Å². The zero-order valence-corrected chi connectivity index (χ0v) is 10.9. The first-order valence-electron chi connectivity index (χ1n) is 5.60. The Labute approximate surface area is 103 Å². The third-order valence-corrected chi connectivity index (χ3v) is 1.62. The van der Waals surface area contributed by atoms with Crippen LogP contribution in [0.15, 0.2) is 36.8 Å². The first-order chi connectivity index (χ1) is 8.18. The fraction of sp³-hybridized carbons (Fsp3) is 0.308. The van der Waals surface area contributed by atoms with E-state index >= 15 is 0 Å². The molecule has 4 nitrogen and oxygen atoms in total. The van der Waals surface area contributed by atoms with Crippen molar-refractivity contribution < 1.29 is 0 Å². The van der Waals surface area contributed by atoms with Gasteiger partial charge in [0, 0.05) is 24.3 Å². The van der Waals surface area contributed by atoms with Crippen LogP contribution in [0.25, 0.3) is 0 Å². The number of hydrogen-bond donors (Lipinski definition) is 1. The Hall–Kier alpha value is -1.97. The second kappa shape index (κ2) is 9.27. The van der Waals surface area contributed by atoms with Crippen LogP contribution >= 0.6 is 0 Å². The maximum absolute atomic E-state index is 5.24. The molecule has 0 aliphatic rings. The number of nitrogens with two attached hydrogens (primary N) is 1. The fourth-order valence-electron chi connectivity index (χ4n) is 0.916. The quantitative estimate of drug-likeness (QED) is 0.758. The van der Waals surface area contributed by atoms with Crippen LogP contribution in [0.5, 0.6) is 0 Å². The predicted molar refractivity (Wildman–Crippen MR) is 71.5 cm³/mol. The van der Waals surface area contributed by atoms with Gasteiger partial charge in [-0.15, -0.1) is 0 Å². The van der Waals surface area contributed by atoms with Gasteiger partial charge in [0.2, 0.25) is 5.95 Å². The molecule has 0 aromatic carbocycles. The Morgan fingerprint density at radius 3 is 2.06 bits per heavy atom. The molecule has 17 heavy (non-hydrogen) atoms. The lowest BCUT2D eigenvalue weighted by atomic mass is 10.3. The molecule has 0 saturated heterocycles. The molecule has 0 fully saturated rings. The Morgan fingerprint density at radius 2 is 1.76 bits per heavy atom. The average molecular weight is 232 g/mol. The Kier molecular flexibility index (Phi) is 8.20. The van der Waals surface area contributed by atoms with Gasteiger partial charge in [-0.25, -0.2) is 9.97 Å². The van der Waals surface area contributed by atoms with Gasteiger partial charge in [-0.05, 0) is 31.5 Å². The van der Waals surface area contributed by atoms with Crippen molar-refractivity contribution in [2.75, 3.05) is 5.73 Å². The third-order valence-electron chi connectivity index (χ3n) is 1.62. The topological polar surface area (TPSA) is 64.7 Å². The summed E-state index contributed by atoms with van der Waals surface area (Å²) in [5.41, 5.74) is 7.35. The van der Waals surface area contributed by atoms with E-state index in [-0.39, 0.29) is 0 Å². The lowest BCUT2D eigenvalue weighted by Gasteiger charge is -1.89. The highest BCUT2D eigenvalue weighted by atomic mass is 15.0. The molecule has 0 radical (unpaired) electrons. The van der Waals surface area contributed by atoms with Gasteiger partial charge in [0.05, 0.1) is 0 Å². The van der Waals surface area contributed by atoms with Crippen LogP contribution in [0.1, 0.15) is 25.1 Å². The van der Waals surface area contributed by atoms with E-state index < -0.39 is 0 Å². The van der Waals surface area contributed by atoms with Gasteiger partial charge in [0.1, 0.15) is 0 Å². The number of aryl methyl sites for hydroxylation is 2. The first-order valence-corrected chi connectivity index (χ1v) is 5.60. The number of hydrogen-bond acceptors (Lipinski definition) is 4. The van der Waals surface area contributed by atoms with Crippen molar-refractivity contribution in [1.82, 2.24) is 15.0 Å². The number of anilines is 1. The normalized spacial score (nSPS) is 8.24. The molecule has 0 bridgehead atoms. The molecule has 0 amide bonds. The SMILES string of the molecule is CC.Cc1cccnc1.Cc1ccnc(N)n1. The van der Waals surface area contributed by atoms with E-state index in [1.165, 1.54) is 5.56 Å². The van der Waals surface area contributed by atoms with Crippen LogP contribution in [0.4, 0.5) is 5.95 Å². The Balaban J connectivity index is 0.000000265. The maximum atomic E-state index is 5.24. The molecule has 2 aromatic heterocycles. The van der Waals surface area contributed by atoms with Crippen LogP contribution < -0.4 is 5.73 Å². The maximum Gasteiger partial charge on any atom is 0.220 e. The second-order valence-corrected chi connectivity index (χ2v) is 3.09. The standard InChI is InChI=1S/C6H7N.C5H7N3.C2H6/c1-6-3-2-4-7-5-6;1-4-2-3-7-5(6)8-4;1-2/h2-5H,1H3;2-3H,1H3,(H2,6,7,8);1-2H3. The lowest BCUT2D eigenvalue weighted by Crippen LogP contribution is -1.93. The summed E-state index contributed by atoms with van der Waals surface area (Å²) in [5.74, 6) is 0.338. The highest BCUT2D eigenvalue weighted by molar-refractivity contribution is 5.15. The van der Waals surface area contributed by atoms with E-state index in [9.17, 15) is 0 Å². The second-order valence-electron chi connectivity index (χ2n) is 3.09. The van der Waals surface area contributed by atoms with Gasteiger partial charge in [-0.3, -0.25) is 4.98 Å². The minimum Gasteiger partial charge on any atom is -0.368 e. The van der Waals surface area contributed by atoms with Gasteiger partial charge in [0.25, 0.3) is 0 Å². The summed E-state index contributed by atoms with van der Waals surface area (Å²) in [6.07, 6.45) is 5.24. The fourth-order valence-corrected chi connectivity index (χ4v) is 0.916. The zero-order chi connectivity index (χ0) is 13.1. The molecule has 0 aliphatic carbocycles. The van der Waals surface area contributed by atoms with Gasteiger partial charge in [-0.1, -0.05) is 19.9 Å². The highest BCUT2D eigenvalue weighted by Crippen LogP contribution is 1.91. The summed E-state index contributed by atoms with van der Waals surface area (Å²) in [7, 11) is 0. The molecule has 2 heterocycles. The summed E-state index contributed by atoms with van der Waals surface area (Å²) >= 11 is 0. The molecular formula is C13H20N4. The first kappa shape index (κ1) is 15.0. The van der Waals surface area contributed by atoms with Crippen molar-refractivity contribution in [2.45, 2.75) is 27.7 Å². The molecule has 92 valence electrons. The number of nitrogen functional groups attached to an aromatic ring is 1. The third kappa shape index (κ3) is 7.90. The molecule has 2 N–H and O–H groups in total. The predicted octanol–water partition coefficient (Wildman–Crippen LogP) is 2.78. The van der Waals surface area contributed by atoms with Crippen molar-refractivity contribution in [3.05, 3.63) is 48.0 Å². The molecule has 0 atom stereocenters. The molecule has 2 aromatic rings. The van der Waals surface area contributed by atoms with E-state index in [1.54, 1.807) is 18.5 Å². The molecule has 0 aliphatic heterocycles. The minimum absolute atomic E-state index is 0.338. The smallest absolute Gasteiger partial charge is 0.220 e. The average Bonchev–Trinajstić information content (AvgIpc) is 2.33. The van der Waals surface area contributed by atoms with Crippen LogP contribution in [0, 0.1) is 13.8 Å².